The van der Waals surface area contributed by atoms with Crippen molar-refractivity contribution in [3.05, 3.63) is 110 Å². The number of nitrogens with zero attached hydrogens (tertiary/aromatic N) is 1. The van der Waals surface area contributed by atoms with Crippen LogP contribution in [0, 0.1) is 0 Å². The van der Waals surface area contributed by atoms with E-state index in [0.29, 0.717) is 29.1 Å². The van der Waals surface area contributed by atoms with Crippen LogP contribution < -0.4 is 11.2 Å². The van der Waals surface area contributed by atoms with Crippen molar-refractivity contribution in [2.24, 2.45) is 0 Å². The molecule has 1 aliphatic rings. The minimum atomic E-state index is -4.57. The molecule has 6 rings (SSSR count). The number of hydrogen-bond donors (Lipinski definition) is 1. The molecule has 0 amide bonds. The Morgan fingerprint density at radius 3 is 2.47 bits per heavy atom. The summed E-state index contributed by atoms with van der Waals surface area (Å²) in [6.45, 7) is 0. The quantitative estimate of drug-likeness (QED) is 0.298. The van der Waals surface area contributed by atoms with Crippen LogP contribution >= 0.6 is 11.8 Å². The number of benzene rings is 3. The average Bonchev–Trinajstić information content (AvgIpc) is 3.26. The maximum Gasteiger partial charge on any atom is 0.416 e. The molecule has 5 aromatic rings. The smallest absolute Gasteiger partial charge is 0.416 e. The third kappa shape index (κ3) is 3.42. The molecule has 9 heteroatoms. The van der Waals surface area contributed by atoms with E-state index in [1.165, 1.54) is 12.1 Å². The van der Waals surface area contributed by atoms with E-state index in [-0.39, 0.29) is 26.8 Å². The Hall–Kier alpha value is -3.98. The van der Waals surface area contributed by atoms with Gasteiger partial charge in [-0.25, -0.2) is 4.79 Å². The highest BCUT2D eigenvalue weighted by molar-refractivity contribution is 7.99. The summed E-state index contributed by atoms with van der Waals surface area (Å²) in [6, 6.07) is 18.9. The van der Waals surface area contributed by atoms with Crippen molar-refractivity contribution in [1.29, 1.82) is 0 Å². The predicted octanol–water partition coefficient (Wildman–Crippen LogP) is 6.13. The fourth-order valence-corrected chi connectivity index (χ4v) is 5.72. The highest BCUT2D eigenvalue weighted by Crippen LogP contribution is 2.42. The molecule has 1 unspecified atom stereocenters. The molecule has 0 saturated heterocycles. The minimum Gasteiger partial charge on any atom is -0.505 e. The van der Waals surface area contributed by atoms with Gasteiger partial charge >= 0.3 is 11.8 Å². The number of halogens is 3. The SMILES string of the molecule is O=c1oc2c(c(O)c1Sc1cccc(C(F)(F)F)c1)c(=O)n1c3c(cccc23)CC1c1ccccc1. The zero-order valence-electron chi connectivity index (χ0n) is 18.4. The molecule has 3 heterocycles. The summed E-state index contributed by atoms with van der Waals surface area (Å²) in [5.74, 6) is -0.608. The Kier molecular flexibility index (Phi) is 5.01. The Labute approximate surface area is 205 Å². The second-order valence-corrected chi connectivity index (χ2v) is 9.60. The largest absolute Gasteiger partial charge is 0.505 e. The van der Waals surface area contributed by atoms with Crippen LogP contribution in [0.4, 0.5) is 13.2 Å². The zero-order chi connectivity index (χ0) is 25.2. The molecule has 0 bridgehead atoms. The number of aromatic hydroxyl groups is 1. The number of hydrogen-bond acceptors (Lipinski definition) is 5. The van der Waals surface area contributed by atoms with Gasteiger partial charge in [0.25, 0.3) is 5.56 Å². The molecule has 0 spiro atoms. The van der Waals surface area contributed by atoms with Gasteiger partial charge in [0.2, 0.25) is 0 Å². The summed E-state index contributed by atoms with van der Waals surface area (Å²) >= 11 is 0.619. The second kappa shape index (κ2) is 8.03. The highest BCUT2D eigenvalue weighted by Gasteiger charge is 2.32. The van der Waals surface area contributed by atoms with Crippen LogP contribution in [0.2, 0.25) is 0 Å². The van der Waals surface area contributed by atoms with Gasteiger partial charge in [-0.2, -0.15) is 13.2 Å². The van der Waals surface area contributed by atoms with Gasteiger partial charge in [-0.3, -0.25) is 9.36 Å². The van der Waals surface area contributed by atoms with Crippen molar-refractivity contribution in [2.75, 3.05) is 0 Å². The van der Waals surface area contributed by atoms with E-state index in [1.54, 1.807) is 16.7 Å². The third-order valence-electron chi connectivity index (χ3n) is 6.39. The molecule has 0 fully saturated rings. The molecule has 5 nitrogen and oxygen atoms in total. The lowest BCUT2D eigenvalue weighted by Gasteiger charge is -2.16. The van der Waals surface area contributed by atoms with Crippen molar-refractivity contribution in [1.82, 2.24) is 4.57 Å². The predicted molar refractivity (Wildman–Crippen MR) is 130 cm³/mol. The molecule has 1 N–H and O–H groups in total. The van der Waals surface area contributed by atoms with Gasteiger partial charge in [-0.05, 0) is 41.8 Å². The molecule has 36 heavy (non-hydrogen) atoms. The molecule has 3 aromatic carbocycles. The van der Waals surface area contributed by atoms with Crippen LogP contribution in [-0.2, 0) is 12.6 Å². The normalized spacial score (nSPS) is 15.1. The fraction of sp³-hybridized carbons (Fsp3) is 0.111. The Morgan fingerprint density at radius 1 is 0.972 bits per heavy atom. The molecule has 1 atom stereocenters. The first-order chi connectivity index (χ1) is 17.2. The van der Waals surface area contributed by atoms with Gasteiger partial charge in [0.05, 0.1) is 17.1 Å². The van der Waals surface area contributed by atoms with Gasteiger partial charge < -0.3 is 9.52 Å². The van der Waals surface area contributed by atoms with E-state index < -0.39 is 28.7 Å². The molecule has 0 radical (unpaired) electrons. The summed E-state index contributed by atoms with van der Waals surface area (Å²) in [7, 11) is 0. The minimum absolute atomic E-state index is 0.0438. The third-order valence-corrected chi connectivity index (χ3v) is 7.44. The van der Waals surface area contributed by atoms with Crippen LogP contribution in [0.3, 0.4) is 0 Å². The maximum absolute atomic E-state index is 13.8. The van der Waals surface area contributed by atoms with Crippen LogP contribution in [0.5, 0.6) is 5.75 Å². The highest BCUT2D eigenvalue weighted by atomic mass is 32.2. The number of fused-ring (bicyclic) bond motifs is 2. The molecule has 0 aliphatic carbocycles. The van der Waals surface area contributed by atoms with Crippen molar-refractivity contribution in [3.63, 3.8) is 0 Å². The zero-order valence-corrected chi connectivity index (χ0v) is 19.2. The molecule has 1 aliphatic heterocycles. The summed E-state index contributed by atoms with van der Waals surface area (Å²) in [5, 5.41) is 11.5. The first-order valence-corrected chi connectivity index (χ1v) is 11.8. The van der Waals surface area contributed by atoms with E-state index in [9.17, 15) is 27.9 Å². The molecule has 0 saturated carbocycles. The van der Waals surface area contributed by atoms with E-state index in [4.69, 9.17) is 4.42 Å². The molecule has 2 aromatic heterocycles. The van der Waals surface area contributed by atoms with Crippen LogP contribution in [0.15, 0.2) is 96.6 Å². The second-order valence-electron chi connectivity index (χ2n) is 8.52. The average molecular weight is 507 g/mol. The number of pyridine rings is 1. The van der Waals surface area contributed by atoms with E-state index in [1.807, 2.05) is 36.4 Å². The van der Waals surface area contributed by atoms with Gasteiger partial charge in [0.1, 0.15) is 10.3 Å². The Bertz CT molecular complexity index is 1790. The fourth-order valence-electron chi connectivity index (χ4n) is 4.82. The maximum atomic E-state index is 13.8. The van der Waals surface area contributed by atoms with Gasteiger partial charge in [-0.15, -0.1) is 0 Å². The van der Waals surface area contributed by atoms with E-state index in [2.05, 4.69) is 0 Å². The first kappa shape index (κ1) is 22.5. The summed E-state index contributed by atoms with van der Waals surface area (Å²) in [5.41, 5.74) is 0.0300. The summed E-state index contributed by atoms with van der Waals surface area (Å²) in [6.07, 6.45) is -4.03. The number of rotatable bonds is 3. The molecular weight excluding hydrogens is 491 g/mol. The first-order valence-electron chi connectivity index (χ1n) is 11.0. The Morgan fingerprint density at radius 2 is 1.72 bits per heavy atom. The monoisotopic (exact) mass is 507 g/mol. The van der Waals surface area contributed by atoms with Crippen molar-refractivity contribution in [2.45, 2.75) is 28.4 Å². The Balaban J connectivity index is 1.60. The van der Waals surface area contributed by atoms with Gasteiger partial charge in [0, 0.05) is 10.3 Å². The lowest BCUT2D eigenvalue weighted by atomic mass is 10.0. The number of aromatic nitrogens is 1. The van der Waals surface area contributed by atoms with E-state index >= 15 is 0 Å². The standard InChI is InChI=1S/C27H16F3NO4S/c28-27(29,30)16-9-5-10-17(13-16)36-24-22(32)20-23(35-26(24)34)18-11-4-8-15-12-19(14-6-2-1-3-7-14)31(21(15)18)25(20)33/h1-11,13,19,32H,12H2. The summed E-state index contributed by atoms with van der Waals surface area (Å²) in [4.78, 5) is 26.4. The van der Waals surface area contributed by atoms with Crippen LogP contribution in [0.1, 0.15) is 22.7 Å². The molecule has 180 valence electrons. The van der Waals surface area contributed by atoms with Gasteiger partial charge in [0.15, 0.2) is 11.3 Å². The number of alkyl halides is 3. The van der Waals surface area contributed by atoms with Gasteiger partial charge in [-0.1, -0.05) is 60.3 Å². The van der Waals surface area contributed by atoms with Crippen LogP contribution in [0.25, 0.3) is 21.9 Å². The van der Waals surface area contributed by atoms with E-state index in [0.717, 1.165) is 23.3 Å². The van der Waals surface area contributed by atoms with Crippen molar-refractivity contribution >= 4 is 33.6 Å². The summed E-state index contributed by atoms with van der Waals surface area (Å²) < 4.78 is 46.6. The topological polar surface area (TPSA) is 72.4 Å². The molecular formula is C27H16F3NO4S. The van der Waals surface area contributed by atoms with Crippen LogP contribution in [-0.4, -0.2) is 9.67 Å². The lowest BCUT2D eigenvalue weighted by Crippen LogP contribution is -2.24. The van der Waals surface area contributed by atoms with Crippen molar-refractivity contribution in [3.8, 4) is 5.75 Å². The number of para-hydroxylation sites is 1. The lowest BCUT2D eigenvalue weighted by molar-refractivity contribution is -0.137. The van der Waals surface area contributed by atoms with Crippen molar-refractivity contribution < 1.29 is 22.7 Å².